The molecule has 0 aromatic heterocycles. The van der Waals surface area contributed by atoms with Crippen molar-refractivity contribution >= 4 is 83.6 Å². The average Bonchev–Trinajstić information content (AvgIpc) is 3.03. The number of aromatic carboxylic acids is 10. The Bertz CT molecular complexity index is 1950. The van der Waals surface area contributed by atoms with E-state index in [2.05, 4.69) is 9.47 Å². The first-order valence-corrected chi connectivity index (χ1v) is 13.1. The van der Waals surface area contributed by atoms with Crippen LogP contribution in [-0.4, -0.2) is 135 Å². The second-order valence-electron chi connectivity index (χ2n) is 9.57. The van der Waals surface area contributed by atoms with Gasteiger partial charge >= 0.3 is 83.6 Å². The number of hydrogen-bond acceptors (Lipinski definition) is 16. The first-order valence-electron chi connectivity index (χ1n) is 13.1. The molecule has 2 aromatic rings. The van der Waals surface area contributed by atoms with E-state index in [1.807, 2.05) is 0 Å². The molecule has 0 atom stereocenters. The number of carbonyl (C=O) groups is 14. The highest BCUT2D eigenvalue weighted by atomic mass is 16.6. The number of hydrogen-bond donors (Lipinski definition) is 10. The van der Waals surface area contributed by atoms with Gasteiger partial charge in [-0.25, -0.2) is 57.5 Å². The minimum atomic E-state index is -2.56. The lowest BCUT2D eigenvalue weighted by molar-refractivity contribution is -0.144. The third kappa shape index (κ3) is 7.75. The number of esters is 4. The Morgan fingerprint density at radius 3 is 0.519 bits per heavy atom. The lowest BCUT2D eigenvalue weighted by Gasteiger charge is -2.17. The van der Waals surface area contributed by atoms with Crippen molar-refractivity contribution in [3.63, 3.8) is 0 Å². The highest BCUT2D eigenvalue weighted by Gasteiger charge is 2.43. The summed E-state index contributed by atoms with van der Waals surface area (Å²) in [7, 11) is 0. The molecule has 2 aromatic carbocycles. The Morgan fingerprint density at radius 1 is 0.259 bits per heavy atom. The monoisotopic (exact) mass is 766 g/mol. The molecule has 26 nitrogen and oxygen atoms in total. The van der Waals surface area contributed by atoms with Gasteiger partial charge in [0.05, 0.1) is 79.6 Å². The fourth-order valence-electron chi connectivity index (χ4n) is 4.66. The highest BCUT2D eigenvalue weighted by Crippen LogP contribution is 2.32. The first-order chi connectivity index (χ1) is 24.8. The van der Waals surface area contributed by atoms with Crippen LogP contribution in [0.4, 0.5) is 0 Å². The topological polar surface area (TPSA) is 460 Å². The van der Waals surface area contributed by atoms with Gasteiger partial charge in [0, 0.05) is 0 Å². The van der Waals surface area contributed by atoms with E-state index in [0.29, 0.717) is 0 Å². The number of carbonyl (C=O) groups excluding carboxylic acids is 4. The van der Waals surface area contributed by atoms with Crippen molar-refractivity contribution in [1.82, 2.24) is 0 Å². The van der Waals surface area contributed by atoms with Gasteiger partial charge < -0.3 is 60.5 Å². The molecule has 54 heavy (non-hydrogen) atoms. The fraction of sp³-hybridized carbons (Fsp3) is 0.0714. The molecular formula is C28H14O26. The molecule has 26 heteroatoms. The maximum Gasteiger partial charge on any atom is 0.347 e. The number of carboxylic acid groups (broad SMARTS) is 10. The summed E-state index contributed by atoms with van der Waals surface area (Å²) in [6.07, 6.45) is -3.02. The van der Waals surface area contributed by atoms with Crippen molar-refractivity contribution in [3.8, 4) is 0 Å². The van der Waals surface area contributed by atoms with Gasteiger partial charge in [0.1, 0.15) is 0 Å². The maximum atomic E-state index is 12.9. The van der Waals surface area contributed by atoms with Crippen LogP contribution < -0.4 is 0 Å². The zero-order chi connectivity index (χ0) is 41.8. The fourth-order valence-corrected chi connectivity index (χ4v) is 4.66. The van der Waals surface area contributed by atoms with Crippen molar-refractivity contribution in [2.45, 2.75) is 12.8 Å². The summed E-state index contributed by atoms with van der Waals surface area (Å²) in [5.74, 6) is -34.4. The summed E-state index contributed by atoms with van der Waals surface area (Å²) >= 11 is 0. The van der Waals surface area contributed by atoms with Crippen LogP contribution in [-0.2, 0) is 19.1 Å². The van der Waals surface area contributed by atoms with Crippen molar-refractivity contribution in [2.75, 3.05) is 0 Å². The van der Waals surface area contributed by atoms with Gasteiger partial charge in [-0.1, -0.05) is 0 Å². The molecule has 0 saturated carbocycles. The van der Waals surface area contributed by atoms with Crippen molar-refractivity contribution < 1.29 is 128 Å². The predicted molar refractivity (Wildman–Crippen MR) is 153 cm³/mol. The Kier molecular flexibility index (Phi) is 12.0. The zero-order valence-electron chi connectivity index (χ0n) is 25.4. The lowest BCUT2D eigenvalue weighted by Crippen LogP contribution is -2.29. The van der Waals surface area contributed by atoms with Crippen molar-refractivity contribution in [3.05, 3.63) is 66.8 Å². The molecule has 10 N–H and O–H groups in total. The normalized spacial score (nSPS) is 10.3. The minimum Gasteiger partial charge on any atom is -0.478 e. The van der Waals surface area contributed by atoms with Crippen LogP contribution in [0.1, 0.15) is 137 Å². The molecule has 282 valence electrons. The SMILES string of the molecule is O=C(CCC(=O)OC(=O)c1c(C(=O)O)c(C(=O)O)c(C(=O)O)c(C(=O)O)c1C(=O)O)OC(=O)c1c(C(=O)O)c(C(=O)O)c(C(=O)O)c(C(=O)O)c1C(=O)O. The minimum absolute atomic E-state index is 1.51. The first kappa shape index (κ1) is 41.6. The van der Waals surface area contributed by atoms with Crippen LogP contribution in [0.15, 0.2) is 0 Å². The van der Waals surface area contributed by atoms with Gasteiger partial charge in [-0.05, 0) is 0 Å². The Labute approximate surface area is 291 Å². The summed E-state index contributed by atoms with van der Waals surface area (Å²) in [4.78, 5) is 169. The second kappa shape index (κ2) is 15.5. The highest BCUT2D eigenvalue weighted by molar-refractivity contribution is 6.25. The molecule has 0 saturated heterocycles. The van der Waals surface area contributed by atoms with E-state index in [9.17, 15) is 118 Å². The van der Waals surface area contributed by atoms with Gasteiger partial charge in [0.25, 0.3) is 0 Å². The summed E-state index contributed by atoms with van der Waals surface area (Å²) < 4.78 is 8.35. The smallest absolute Gasteiger partial charge is 0.347 e. The lowest BCUT2D eigenvalue weighted by atomic mass is 9.86. The summed E-state index contributed by atoms with van der Waals surface area (Å²) in [6.45, 7) is 0. The molecule has 0 unspecified atom stereocenters. The maximum absolute atomic E-state index is 12.9. The van der Waals surface area contributed by atoms with Crippen LogP contribution in [0.3, 0.4) is 0 Å². The number of ether oxygens (including phenoxy) is 2. The molecule has 2 rings (SSSR count). The van der Waals surface area contributed by atoms with E-state index in [1.165, 1.54) is 0 Å². The number of benzene rings is 2. The third-order valence-electron chi connectivity index (χ3n) is 6.49. The van der Waals surface area contributed by atoms with Crippen LogP contribution >= 0.6 is 0 Å². The quantitative estimate of drug-likeness (QED) is 0.0807. The van der Waals surface area contributed by atoms with Crippen LogP contribution in [0.2, 0.25) is 0 Å². The van der Waals surface area contributed by atoms with Gasteiger partial charge in [0.15, 0.2) is 0 Å². The molecule has 0 fully saturated rings. The molecule has 0 heterocycles. The van der Waals surface area contributed by atoms with E-state index < -0.39 is 163 Å². The molecule has 0 spiro atoms. The molecule has 0 aliphatic rings. The van der Waals surface area contributed by atoms with E-state index in [0.717, 1.165) is 0 Å². The summed E-state index contributed by atoms with van der Waals surface area (Å²) in [5, 5.41) is 95.0. The number of rotatable bonds is 15. The zero-order valence-corrected chi connectivity index (χ0v) is 25.4. The number of carboxylic acids is 10. The van der Waals surface area contributed by atoms with Gasteiger partial charge in [-0.3, -0.25) is 9.59 Å². The molecule has 0 aliphatic heterocycles. The summed E-state index contributed by atoms with van der Waals surface area (Å²) in [6, 6.07) is 0. The van der Waals surface area contributed by atoms with Crippen LogP contribution in [0.25, 0.3) is 0 Å². The second-order valence-corrected chi connectivity index (χ2v) is 9.57. The third-order valence-corrected chi connectivity index (χ3v) is 6.49. The summed E-state index contributed by atoms with van der Waals surface area (Å²) in [5.41, 5.74) is -23.7. The average molecular weight is 766 g/mol. The Morgan fingerprint density at radius 2 is 0.389 bits per heavy atom. The molecule has 0 bridgehead atoms. The molecule has 0 amide bonds. The Hall–Kier alpha value is -8.58. The van der Waals surface area contributed by atoms with Crippen LogP contribution in [0, 0.1) is 0 Å². The van der Waals surface area contributed by atoms with E-state index in [1.54, 1.807) is 0 Å². The van der Waals surface area contributed by atoms with Gasteiger partial charge in [-0.2, -0.15) is 0 Å². The molecular weight excluding hydrogens is 752 g/mol. The largest absolute Gasteiger partial charge is 0.478 e. The van der Waals surface area contributed by atoms with E-state index in [-0.39, 0.29) is 0 Å². The van der Waals surface area contributed by atoms with E-state index >= 15 is 0 Å². The van der Waals surface area contributed by atoms with Crippen LogP contribution in [0.5, 0.6) is 0 Å². The van der Waals surface area contributed by atoms with Gasteiger partial charge in [0.2, 0.25) is 0 Å². The van der Waals surface area contributed by atoms with Gasteiger partial charge in [-0.15, -0.1) is 0 Å². The molecule has 0 aliphatic carbocycles. The molecule has 0 radical (unpaired) electrons. The standard InChI is InChI=1S/C28H14O26/c29-3(53-27(51)15-11(23(43)44)7(19(35)36)5(17(31)32)8(20(37)38)12(15)24(45)46)1-2-4(30)54-28(52)16-13(25(47)48)9(21(39)40)6(18(33)34)10(22(41)42)14(16)26(49)50/h1-2H2,(H,31,32)(H,33,34)(H,35,36)(H,37,38)(H,39,40)(H,41,42)(H,43,44)(H,45,46)(H,47,48)(H,49,50). The predicted octanol–water partition coefficient (Wildman–Crippen LogP) is -0.484. The van der Waals surface area contributed by atoms with Crippen molar-refractivity contribution in [2.24, 2.45) is 0 Å². The van der Waals surface area contributed by atoms with Crippen molar-refractivity contribution in [1.29, 1.82) is 0 Å². The Balaban J connectivity index is 2.63. The van der Waals surface area contributed by atoms with E-state index in [4.69, 9.17) is 0 Å².